The molecule has 0 saturated heterocycles. The van der Waals surface area contributed by atoms with Crippen LogP contribution in [0.25, 0.3) is 0 Å². The van der Waals surface area contributed by atoms with Gasteiger partial charge in [0.2, 0.25) is 5.91 Å². The molecule has 0 aromatic carbocycles. The Morgan fingerprint density at radius 1 is 1.45 bits per heavy atom. The Balaban J connectivity index is 3.15. The number of hydrogen-bond donors (Lipinski definition) is 1. The van der Waals surface area contributed by atoms with Crippen LogP contribution in [0.3, 0.4) is 0 Å². The van der Waals surface area contributed by atoms with Gasteiger partial charge in [0.1, 0.15) is 0 Å². The van der Waals surface area contributed by atoms with E-state index in [2.05, 4.69) is 18.8 Å². The third kappa shape index (κ3) is 7.10. The number of rotatable bonds is 6. The Hall–Kier alpha value is -0.790. The fourth-order valence-electron chi connectivity index (χ4n) is 0.737. The largest absolute Gasteiger partial charge is 0.353 e. The smallest absolute Gasteiger partial charge is 0.220 e. The van der Waals surface area contributed by atoms with Crippen LogP contribution in [0.1, 0.15) is 25.7 Å². The lowest BCUT2D eigenvalue weighted by Crippen LogP contribution is -2.22. The molecular formula is C9H16NO. The zero-order valence-electron chi connectivity index (χ0n) is 6.94. The Labute approximate surface area is 68.7 Å². The fraction of sp³-hybridized carbons (Fsp3) is 0.556. The second-order valence-electron chi connectivity index (χ2n) is 2.40. The molecule has 1 N–H and O–H groups in total. The number of carbonyl (C=O) groups is 1. The second-order valence-corrected chi connectivity index (χ2v) is 2.40. The minimum absolute atomic E-state index is 0.110. The maximum atomic E-state index is 10.9. The number of carbonyl (C=O) groups excluding carboxylic acids is 1. The molecule has 0 aliphatic rings. The fourth-order valence-corrected chi connectivity index (χ4v) is 0.737. The van der Waals surface area contributed by atoms with Gasteiger partial charge in [0.25, 0.3) is 0 Å². The van der Waals surface area contributed by atoms with Gasteiger partial charge in [-0.05, 0) is 6.42 Å². The van der Waals surface area contributed by atoms with E-state index in [1.165, 1.54) is 0 Å². The minimum atomic E-state index is 0.110. The predicted octanol–water partition coefficient (Wildman–Crippen LogP) is 1.68. The van der Waals surface area contributed by atoms with Crippen molar-refractivity contribution in [3.63, 3.8) is 0 Å². The van der Waals surface area contributed by atoms with Crippen LogP contribution in [-0.2, 0) is 4.79 Å². The van der Waals surface area contributed by atoms with Crippen molar-refractivity contribution in [2.24, 2.45) is 0 Å². The number of hydrogen-bond acceptors (Lipinski definition) is 1. The van der Waals surface area contributed by atoms with Crippen molar-refractivity contribution < 1.29 is 4.79 Å². The zero-order valence-corrected chi connectivity index (χ0v) is 6.94. The van der Waals surface area contributed by atoms with Crippen LogP contribution in [0.4, 0.5) is 0 Å². The van der Waals surface area contributed by atoms with Crippen molar-refractivity contribution >= 4 is 5.91 Å². The Kier molecular flexibility index (Phi) is 6.79. The highest BCUT2D eigenvalue weighted by Crippen LogP contribution is 1.97. The summed E-state index contributed by atoms with van der Waals surface area (Å²) in [5, 5.41) is 2.71. The van der Waals surface area contributed by atoms with Crippen LogP contribution >= 0.6 is 0 Å². The van der Waals surface area contributed by atoms with Crippen LogP contribution in [0, 0.1) is 6.92 Å². The average molecular weight is 154 g/mol. The molecule has 63 valence electrons. The van der Waals surface area contributed by atoms with Gasteiger partial charge in [-0.15, -0.1) is 6.58 Å². The van der Waals surface area contributed by atoms with Gasteiger partial charge in [-0.25, -0.2) is 0 Å². The second kappa shape index (κ2) is 7.32. The molecule has 2 nitrogen and oxygen atoms in total. The standard InChI is InChI=1S/C9H16NO/c1-3-5-6-7-9(11)10-8-4-2/h4H,1-3,5-8H2,(H,10,11). The first-order valence-electron chi connectivity index (χ1n) is 3.98. The highest BCUT2D eigenvalue weighted by atomic mass is 16.1. The SMILES string of the molecule is [CH2]CCCCC(=O)NCC=C. The number of unbranched alkanes of at least 4 members (excludes halogenated alkanes) is 2. The lowest BCUT2D eigenvalue weighted by molar-refractivity contribution is -0.120. The topological polar surface area (TPSA) is 29.1 Å². The third-order valence-corrected chi connectivity index (χ3v) is 1.35. The summed E-state index contributed by atoms with van der Waals surface area (Å²) in [5.41, 5.74) is 0. The van der Waals surface area contributed by atoms with Gasteiger partial charge in [0, 0.05) is 13.0 Å². The zero-order chi connectivity index (χ0) is 8.53. The van der Waals surface area contributed by atoms with Crippen molar-refractivity contribution in [3.8, 4) is 0 Å². The van der Waals surface area contributed by atoms with Gasteiger partial charge in [-0.3, -0.25) is 4.79 Å². The summed E-state index contributed by atoms with van der Waals surface area (Å²) in [5.74, 6) is 0.110. The summed E-state index contributed by atoms with van der Waals surface area (Å²) in [6.07, 6.45) is 5.17. The molecule has 0 heterocycles. The lowest BCUT2D eigenvalue weighted by Gasteiger charge is -2.00. The van der Waals surface area contributed by atoms with Crippen molar-refractivity contribution in [3.05, 3.63) is 19.6 Å². The van der Waals surface area contributed by atoms with Gasteiger partial charge in [0.05, 0.1) is 0 Å². The summed E-state index contributed by atoms with van der Waals surface area (Å²) < 4.78 is 0. The van der Waals surface area contributed by atoms with E-state index in [-0.39, 0.29) is 5.91 Å². The molecular weight excluding hydrogens is 138 g/mol. The number of nitrogens with one attached hydrogen (secondary N) is 1. The molecule has 0 fully saturated rings. The first kappa shape index (κ1) is 10.2. The molecule has 11 heavy (non-hydrogen) atoms. The van der Waals surface area contributed by atoms with E-state index >= 15 is 0 Å². The maximum Gasteiger partial charge on any atom is 0.220 e. The van der Waals surface area contributed by atoms with Gasteiger partial charge in [-0.2, -0.15) is 0 Å². The molecule has 0 saturated carbocycles. The Bertz CT molecular complexity index is 121. The highest BCUT2D eigenvalue weighted by Gasteiger charge is 1.96. The van der Waals surface area contributed by atoms with Crippen molar-refractivity contribution in [2.45, 2.75) is 25.7 Å². The monoisotopic (exact) mass is 154 g/mol. The summed E-state index contributed by atoms with van der Waals surface area (Å²) >= 11 is 0. The molecule has 0 spiro atoms. The molecule has 0 bridgehead atoms. The van der Waals surface area contributed by atoms with Crippen LogP contribution in [0.2, 0.25) is 0 Å². The van der Waals surface area contributed by atoms with Gasteiger partial charge in [0.15, 0.2) is 0 Å². The van der Waals surface area contributed by atoms with Crippen LogP contribution in [-0.4, -0.2) is 12.5 Å². The van der Waals surface area contributed by atoms with E-state index in [1.54, 1.807) is 6.08 Å². The van der Waals surface area contributed by atoms with E-state index in [0.717, 1.165) is 19.3 Å². The molecule has 1 amide bonds. The Morgan fingerprint density at radius 3 is 2.73 bits per heavy atom. The van der Waals surface area contributed by atoms with Crippen molar-refractivity contribution in [1.82, 2.24) is 5.32 Å². The third-order valence-electron chi connectivity index (χ3n) is 1.35. The first-order valence-corrected chi connectivity index (χ1v) is 3.98. The van der Waals surface area contributed by atoms with Crippen LogP contribution in [0.15, 0.2) is 12.7 Å². The van der Waals surface area contributed by atoms with E-state index in [0.29, 0.717) is 13.0 Å². The predicted molar refractivity (Wildman–Crippen MR) is 47.0 cm³/mol. The van der Waals surface area contributed by atoms with Crippen LogP contribution < -0.4 is 5.32 Å². The molecule has 0 aliphatic carbocycles. The summed E-state index contributed by atoms with van der Waals surface area (Å²) in [6, 6.07) is 0. The van der Waals surface area contributed by atoms with E-state index in [1.807, 2.05) is 0 Å². The highest BCUT2D eigenvalue weighted by molar-refractivity contribution is 5.75. The van der Waals surface area contributed by atoms with Crippen LogP contribution in [0.5, 0.6) is 0 Å². The van der Waals surface area contributed by atoms with Gasteiger partial charge >= 0.3 is 0 Å². The molecule has 0 atom stereocenters. The van der Waals surface area contributed by atoms with Gasteiger partial charge in [-0.1, -0.05) is 25.8 Å². The summed E-state index contributed by atoms with van der Waals surface area (Å²) in [6.45, 7) is 7.77. The summed E-state index contributed by atoms with van der Waals surface area (Å²) in [7, 11) is 0. The molecule has 0 unspecified atom stereocenters. The quantitative estimate of drug-likeness (QED) is 0.457. The molecule has 0 aliphatic heterocycles. The Morgan fingerprint density at radius 2 is 2.18 bits per heavy atom. The first-order chi connectivity index (χ1) is 5.31. The van der Waals surface area contributed by atoms with Crippen molar-refractivity contribution in [1.29, 1.82) is 0 Å². The normalized spacial score (nSPS) is 9.18. The molecule has 0 rings (SSSR count). The molecule has 0 aromatic rings. The molecule has 0 aromatic heterocycles. The summed E-state index contributed by atoms with van der Waals surface area (Å²) in [4.78, 5) is 10.9. The van der Waals surface area contributed by atoms with E-state index < -0.39 is 0 Å². The van der Waals surface area contributed by atoms with Crippen molar-refractivity contribution in [2.75, 3.05) is 6.54 Å². The minimum Gasteiger partial charge on any atom is -0.353 e. The van der Waals surface area contributed by atoms with E-state index in [4.69, 9.17) is 0 Å². The van der Waals surface area contributed by atoms with E-state index in [9.17, 15) is 4.79 Å². The lowest BCUT2D eigenvalue weighted by atomic mass is 10.2. The van der Waals surface area contributed by atoms with Gasteiger partial charge < -0.3 is 5.32 Å². The average Bonchev–Trinajstić information content (AvgIpc) is 2.01. The maximum absolute atomic E-state index is 10.9. The molecule has 1 radical (unpaired) electrons. The number of amides is 1. The molecule has 2 heteroatoms.